The number of aryl methyl sites for hydroxylation is 1. The van der Waals surface area contributed by atoms with Crippen LogP contribution in [-0.2, 0) is 4.79 Å². The Morgan fingerprint density at radius 1 is 1.29 bits per heavy atom. The Bertz CT molecular complexity index is 521. The molecule has 0 saturated heterocycles. The van der Waals surface area contributed by atoms with Crippen molar-refractivity contribution < 1.29 is 4.79 Å². The standard InChI is InChI=1S/C17H29N5OS/c1-4-18-17(19-11-5-6-13-24-3)20-12-10-16(23)22-15-9-7-8-14(2)21-15/h7-9H,4-6,10-13H2,1-3H3,(H2,18,19,20)(H,21,22,23). The number of nitrogens with zero attached hydrogens (tertiary/aromatic N) is 2. The maximum absolute atomic E-state index is 11.9. The number of carbonyl (C=O) groups is 1. The fourth-order valence-corrected chi connectivity index (χ4v) is 2.50. The molecule has 0 aromatic carbocycles. The Labute approximate surface area is 149 Å². The zero-order valence-corrected chi connectivity index (χ0v) is 15.7. The molecule has 6 nitrogen and oxygen atoms in total. The van der Waals surface area contributed by atoms with Crippen LogP contribution < -0.4 is 16.0 Å². The van der Waals surface area contributed by atoms with Crippen molar-refractivity contribution in [1.29, 1.82) is 0 Å². The highest BCUT2D eigenvalue weighted by molar-refractivity contribution is 7.98. The fourth-order valence-electron chi connectivity index (χ4n) is 2.00. The number of anilines is 1. The van der Waals surface area contributed by atoms with E-state index in [0.717, 1.165) is 31.2 Å². The summed E-state index contributed by atoms with van der Waals surface area (Å²) in [6.07, 6.45) is 4.74. The average Bonchev–Trinajstić information content (AvgIpc) is 2.54. The third-order valence-electron chi connectivity index (χ3n) is 3.17. The minimum absolute atomic E-state index is 0.0589. The van der Waals surface area contributed by atoms with Crippen molar-refractivity contribution in [2.75, 3.05) is 37.0 Å². The van der Waals surface area contributed by atoms with Gasteiger partial charge in [-0.3, -0.25) is 9.79 Å². The highest BCUT2D eigenvalue weighted by Crippen LogP contribution is 2.04. The second-order valence-electron chi connectivity index (χ2n) is 5.35. The van der Waals surface area contributed by atoms with E-state index >= 15 is 0 Å². The summed E-state index contributed by atoms with van der Waals surface area (Å²) in [4.78, 5) is 20.7. The number of hydrogen-bond donors (Lipinski definition) is 3. The first kappa shape index (κ1) is 20.3. The molecule has 0 radical (unpaired) electrons. The van der Waals surface area contributed by atoms with Crippen molar-refractivity contribution in [1.82, 2.24) is 15.6 Å². The minimum atomic E-state index is -0.0589. The van der Waals surface area contributed by atoms with Gasteiger partial charge >= 0.3 is 0 Å². The van der Waals surface area contributed by atoms with E-state index in [0.29, 0.717) is 18.8 Å². The van der Waals surface area contributed by atoms with Gasteiger partial charge in [0.1, 0.15) is 5.82 Å². The summed E-state index contributed by atoms with van der Waals surface area (Å²) in [6, 6.07) is 5.57. The van der Waals surface area contributed by atoms with Gasteiger partial charge in [-0.25, -0.2) is 4.98 Å². The van der Waals surface area contributed by atoms with Gasteiger partial charge in [0.05, 0.1) is 0 Å². The van der Waals surface area contributed by atoms with Crippen LogP contribution in [0.4, 0.5) is 5.82 Å². The van der Waals surface area contributed by atoms with E-state index in [1.54, 1.807) is 6.07 Å². The number of unbranched alkanes of at least 4 members (excludes halogenated alkanes) is 1. The zero-order valence-electron chi connectivity index (χ0n) is 14.9. The summed E-state index contributed by atoms with van der Waals surface area (Å²) in [6.45, 7) is 6.07. The molecule has 24 heavy (non-hydrogen) atoms. The van der Waals surface area contributed by atoms with Crippen LogP contribution >= 0.6 is 11.8 Å². The normalized spacial score (nSPS) is 11.2. The van der Waals surface area contributed by atoms with Crippen LogP contribution in [0.5, 0.6) is 0 Å². The number of carbonyl (C=O) groups excluding carboxylic acids is 1. The van der Waals surface area contributed by atoms with Crippen molar-refractivity contribution in [3.63, 3.8) is 0 Å². The third kappa shape index (κ3) is 9.39. The van der Waals surface area contributed by atoms with E-state index < -0.39 is 0 Å². The number of thioether (sulfide) groups is 1. The second kappa shape index (κ2) is 12.6. The molecule has 7 heteroatoms. The van der Waals surface area contributed by atoms with Gasteiger partial charge in [0, 0.05) is 31.7 Å². The Morgan fingerprint density at radius 2 is 2.12 bits per heavy atom. The quantitative estimate of drug-likeness (QED) is 0.343. The van der Waals surface area contributed by atoms with E-state index in [2.05, 4.69) is 32.2 Å². The van der Waals surface area contributed by atoms with Crippen LogP contribution in [0.15, 0.2) is 23.2 Å². The maximum Gasteiger partial charge on any atom is 0.227 e. The number of amides is 1. The molecule has 0 saturated carbocycles. The summed E-state index contributed by atoms with van der Waals surface area (Å²) < 4.78 is 0. The fraction of sp³-hybridized carbons (Fsp3) is 0.588. The molecule has 0 aliphatic carbocycles. The van der Waals surface area contributed by atoms with Crippen molar-refractivity contribution in [3.05, 3.63) is 23.9 Å². The Morgan fingerprint density at radius 3 is 2.83 bits per heavy atom. The van der Waals surface area contributed by atoms with E-state index in [9.17, 15) is 4.79 Å². The van der Waals surface area contributed by atoms with Gasteiger partial charge in [0.25, 0.3) is 0 Å². The van der Waals surface area contributed by atoms with Crippen molar-refractivity contribution in [2.45, 2.75) is 33.1 Å². The molecule has 0 atom stereocenters. The predicted octanol–water partition coefficient (Wildman–Crippen LogP) is 2.42. The molecule has 1 rings (SSSR count). The molecule has 1 aromatic heterocycles. The Hall–Kier alpha value is -1.76. The van der Waals surface area contributed by atoms with Crippen LogP contribution in [0.1, 0.15) is 31.9 Å². The molecule has 134 valence electrons. The molecule has 0 aliphatic rings. The van der Waals surface area contributed by atoms with Crippen molar-refractivity contribution in [2.24, 2.45) is 4.99 Å². The molecular formula is C17H29N5OS. The minimum Gasteiger partial charge on any atom is -0.357 e. The van der Waals surface area contributed by atoms with E-state index in [1.807, 2.05) is 37.7 Å². The SMILES string of the molecule is CCNC(=NCCCCSC)NCCC(=O)Nc1cccc(C)n1. The Kier molecular flexibility index (Phi) is 10.7. The molecule has 1 heterocycles. The van der Waals surface area contributed by atoms with Crippen LogP contribution in [0.25, 0.3) is 0 Å². The highest BCUT2D eigenvalue weighted by Gasteiger charge is 2.04. The number of aliphatic imine (C=N–C) groups is 1. The zero-order chi connectivity index (χ0) is 17.6. The molecule has 0 spiro atoms. The lowest BCUT2D eigenvalue weighted by Crippen LogP contribution is -2.38. The number of hydrogen-bond acceptors (Lipinski definition) is 4. The summed E-state index contributed by atoms with van der Waals surface area (Å²) >= 11 is 1.86. The molecule has 1 aromatic rings. The number of guanidine groups is 1. The predicted molar refractivity (Wildman–Crippen MR) is 104 cm³/mol. The molecule has 0 fully saturated rings. The van der Waals surface area contributed by atoms with Gasteiger partial charge < -0.3 is 16.0 Å². The third-order valence-corrected chi connectivity index (χ3v) is 3.87. The van der Waals surface area contributed by atoms with Crippen molar-refractivity contribution in [3.8, 4) is 0 Å². The van der Waals surface area contributed by atoms with E-state index in [-0.39, 0.29) is 5.91 Å². The Balaban J connectivity index is 2.30. The van der Waals surface area contributed by atoms with Crippen LogP contribution in [0.2, 0.25) is 0 Å². The second-order valence-corrected chi connectivity index (χ2v) is 6.34. The van der Waals surface area contributed by atoms with Gasteiger partial charge in [-0.1, -0.05) is 6.07 Å². The summed E-state index contributed by atoms with van der Waals surface area (Å²) in [7, 11) is 0. The van der Waals surface area contributed by atoms with Crippen LogP contribution in [-0.4, -0.2) is 48.5 Å². The first-order chi connectivity index (χ1) is 11.7. The molecule has 0 bridgehead atoms. The summed E-state index contributed by atoms with van der Waals surface area (Å²) in [5.74, 6) is 2.47. The molecular weight excluding hydrogens is 322 g/mol. The average molecular weight is 352 g/mol. The van der Waals surface area contributed by atoms with Gasteiger partial charge in [-0.05, 0) is 50.8 Å². The highest BCUT2D eigenvalue weighted by atomic mass is 32.2. The molecule has 0 unspecified atom stereocenters. The van der Waals surface area contributed by atoms with Gasteiger partial charge in [-0.2, -0.15) is 11.8 Å². The summed E-state index contributed by atoms with van der Waals surface area (Å²) in [5, 5.41) is 9.19. The molecule has 3 N–H and O–H groups in total. The first-order valence-electron chi connectivity index (χ1n) is 8.40. The number of aromatic nitrogens is 1. The lowest BCUT2D eigenvalue weighted by molar-refractivity contribution is -0.116. The largest absolute Gasteiger partial charge is 0.357 e. The molecule has 1 amide bonds. The number of rotatable bonds is 10. The van der Waals surface area contributed by atoms with Crippen LogP contribution in [0.3, 0.4) is 0 Å². The van der Waals surface area contributed by atoms with Crippen molar-refractivity contribution >= 4 is 29.4 Å². The maximum atomic E-state index is 11.9. The smallest absolute Gasteiger partial charge is 0.227 e. The number of pyridine rings is 1. The van der Waals surface area contributed by atoms with Gasteiger partial charge in [0.2, 0.25) is 5.91 Å². The van der Waals surface area contributed by atoms with Gasteiger partial charge in [-0.15, -0.1) is 0 Å². The first-order valence-corrected chi connectivity index (χ1v) is 9.79. The van der Waals surface area contributed by atoms with Crippen LogP contribution in [0, 0.1) is 6.92 Å². The lowest BCUT2D eigenvalue weighted by Gasteiger charge is -2.11. The van der Waals surface area contributed by atoms with E-state index in [4.69, 9.17) is 0 Å². The topological polar surface area (TPSA) is 78.4 Å². The van der Waals surface area contributed by atoms with Gasteiger partial charge in [0.15, 0.2) is 5.96 Å². The molecule has 0 aliphatic heterocycles. The van der Waals surface area contributed by atoms with E-state index in [1.165, 1.54) is 12.2 Å². The number of nitrogens with one attached hydrogen (secondary N) is 3. The summed E-state index contributed by atoms with van der Waals surface area (Å²) in [5.41, 5.74) is 0.883. The lowest BCUT2D eigenvalue weighted by atomic mass is 10.3. The monoisotopic (exact) mass is 351 g/mol.